The van der Waals surface area contributed by atoms with Gasteiger partial charge >= 0.3 is 0 Å². The van der Waals surface area contributed by atoms with Crippen molar-refractivity contribution < 1.29 is 14.6 Å². The molecule has 126 valence electrons. The van der Waals surface area contributed by atoms with Crippen LogP contribution in [0, 0.1) is 0 Å². The van der Waals surface area contributed by atoms with E-state index in [-0.39, 0.29) is 18.2 Å². The van der Waals surface area contributed by atoms with Gasteiger partial charge in [-0.2, -0.15) is 0 Å². The van der Waals surface area contributed by atoms with Gasteiger partial charge in [0.25, 0.3) is 0 Å². The van der Waals surface area contributed by atoms with Gasteiger partial charge in [-0.05, 0) is 30.2 Å². The minimum absolute atomic E-state index is 0.0399. The molecular formula is C20H23NO3. The lowest BCUT2D eigenvalue weighted by atomic mass is 10.0. The molecule has 0 spiro atoms. The van der Waals surface area contributed by atoms with Gasteiger partial charge in [-0.15, -0.1) is 0 Å². The molecule has 2 aromatic carbocycles. The second kappa shape index (κ2) is 6.11. The molecule has 2 aliphatic rings. The Balaban J connectivity index is 1.58. The molecule has 0 saturated heterocycles. The molecule has 4 nitrogen and oxygen atoms in total. The van der Waals surface area contributed by atoms with Crippen LogP contribution in [-0.2, 0) is 19.4 Å². The minimum atomic E-state index is -0.388. The third-order valence-electron chi connectivity index (χ3n) is 4.99. The quantitative estimate of drug-likeness (QED) is 0.907. The standard InChI is InChI=1S/C20H23NO3/c1-12-7-14-8-16(23-2)9-15(20(14)24-12)11-21-19-17-6-4-3-5-13(17)10-18(19)22/h3-6,8-9,12,18-19,21-22H,7,10-11H2,1-2H3/t12?,18-,19+/m0/s1. The zero-order valence-corrected chi connectivity index (χ0v) is 14.1. The van der Waals surface area contributed by atoms with Crippen molar-refractivity contribution in [2.24, 2.45) is 0 Å². The van der Waals surface area contributed by atoms with Crippen LogP contribution < -0.4 is 14.8 Å². The topological polar surface area (TPSA) is 50.7 Å². The summed E-state index contributed by atoms with van der Waals surface area (Å²) in [4.78, 5) is 0. The molecule has 3 atom stereocenters. The average molecular weight is 325 g/mol. The molecule has 2 N–H and O–H groups in total. The van der Waals surface area contributed by atoms with E-state index in [1.807, 2.05) is 18.2 Å². The van der Waals surface area contributed by atoms with Crippen LogP contribution in [0.25, 0.3) is 0 Å². The van der Waals surface area contributed by atoms with Crippen molar-refractivity contribution in [3.63, 3.8) is 0 Å². The molecular weight excluding hydrogens is 302 g/mol. The summed E-state index contributed by atoms with van der Waals surface area (Å²) in [6.45, 7) is 2.73. The lowest BCUT2D eigenvalue weighted by Gasteiger charge is -2.19. The van der Waals surface area contributed by atoms with Crippen molar-refractivity contribution in [1.29, 1.82) is 0 Å². The van der Waals surface area contributed by atoms with Gasteiger partial charge in [-0.3, -0.25) is 0 Å². The average Bonchev–Trinajstić information content (AvgIpc) is 3.10. The first-order chi connectivity index (χ1) is 11.7. The molecule has 0 amide bonds. The second-order valence-electron chi connectivity index (χ2n) is 6.74. The first-order valence-corrected chi connectivity index (χ1v) is 8.51. The molecule has 4 heteroatoms. The van der Waals surface area contributed by atoms with Crippen LogP contribution in [0.5, 0.6) is 11.5 Å². The molecule has 4 rings (SSSR count). The normalized spacial score (nSPS) is 24.4. The van der Waals surface area contributed by atoms with E-state index < -0.39 is 0 Å². The summed E-state index contributed by atoms with van der Waals surface area (Å²) >= 11 is 0. The van der Waals surface area contributed by atoms with E-state index in [0.29, 0.717) is 13.0 Å². The molecule has 24 heavy (non-hydrogen) atoms. The highest BCUT2D eigenvalue weighted by atomic mass is 16.5. The van der Waals surface area contributed by atoms with Crippen molar-refractivity contribution in [1.82, 2.24) is 5.32 Å². The smallest absolute Gasteiger partial charge is 0.127 e. The number of rotatable bonds is 4. The molecule has 0 radical (unpaired) electrons. The molecule has 0 saturated carbocycles. The highest BCUT2D eigenvalue weighted by molar-refractivity contribution is 5.50. The Kier molecular flexibility index (Phi) is 3.94. The molecule has 2 aromatic rings. The Morgan fingerprint density at radius 3 is 2.88 bits per heavy atom. The maximum Gasteiger partial charge on any atom is 0.127 e. The van der Waals surface area contributed by atoms with Gasteiger partial charge in [0.15, 0.2) is 0 Å². The number of aliphatic hydroxyl groups is 1. The molecule has 0 fully saturated rings. The summed E-state index contributed by atoms with van der Waals surface area (Å²) in [5.41, 5.74) is 4.71. The van der Waals surface area contributed by atoms with E-state index in [4.69, 9.17) is 9.47 Å². The Bertz CT molecular complexity index is 759. The third kappa shape index (κ3) is 2.66. The number of ether oxygens (including phenoxy) is 2. The van der Waals surface area contributed by atoms with Gasteiger partial charge < -0.3 is 19.9 Å². The summed E-state index contributed by atoms with van der Waals surface area (Å²) in [7, 11) is 1.69. The largest absolute Gasteiger partial charge is 0.497 e. The number of nitrogens with one attached hydrogen (secondary N) is 1. The van der Waals surface area contributed by atoms with E-state index in [0.717, 1.165) is 23.5 Å². The molecule has 1 unspecified atom stereocenters. The maximum atomic E-state index is 10.4. The predicted molar refractivity (Wildman–Crippen MR) is 92.5 cm³/mol. The first kappa shape index (κ1) is 15.5. The number of benzene rings is 2. The monoisotopic (exact) mass is 325 g/mol. The molecule has 1 aliphatic heterocycles. The number of hydrogen-bond donors (Lipinski definition) is 2. The summed E-state index contributed by atoms with van der Waals surface area (Å²) < 4.78 is 11.4. The Morgan fingerprint density at radius 1 is 1.21 bits per heavy atom. The Hall–Kier alpha value is -2.04. The molecule has 1 heterocycles. The van der Waals surface area contributed by atoms with Crippen molar-refractivity contribution >= 4 is 0 Å². The molecule has 1 aliphatic carbocycles. The lowest BCUT2D eigenvalue weighted by Crippen LogP contribution is -2.28. The highest BCUT2D eigenvalue weighted by Gasteiger charge is 2.31. The lowest BCUT2D eigenvalue weighted by molar-refractivity contribution is 0.140. The van der Waals surface area contributed by atoms with Crippen LogP contribution in [0.2, 0.25) is 0 Å². The summed E-state index contributed by atoms with van der Waals surface area (Å²) in [6, 6.07) is 12.3. The van der Waals surface area contributed by atoms with Crippen molar-refractivity contribution in [3.05, 3.63) is 58.7 Å². The zero-order chi connectivity index (χ0) is 16.7. The zero-order valence-electron chi connectivity index (χ0n) is 14.1. The Morgan fingerprint density at radius 2 is 2.04 bits per heavy atom. The summed E-state index contributed by atoms with van der Waals surface area (Å²) in [6.07, 6.45) is 1.43. The van der Waals surface area contributed by atoms with Crippen LogP contribution in [0.3, 0.4) is 0 Å². The van der Waals surface area contributed by atoms with Gasteiger partial charge in [0.05, 0.1) is 19.3 Å². The number of fused-ring (bicyclic) bond motifs is 2. The van der Waals surface area contributed by atoms with Gasteiger partial charge in [-0.25, -0.2) is 0 Å². The van der Waals surface area contributed by atoms with E-state index in [1.54, 1.807) is 7.11 Å². The second-order valence-corrected chi connectivity index (χ2v) is 6.74. The fraction of sp³-hybridized carbons (Fsp3) is 0.400. The SMILES string of the molecule is COc1cc(CN[C@@H]2c3ccccc3C[C@@H]2O)c2c(c1)CC(C)O2. The predicted octanol–water partition coefficient (Wildman–Crippen LogP) is 2.77. The van der Waals surface area contributed by atoms with Gasteiger partial charge in [-0.1, -0.05) is 24.3 Å². The van der Waals surface area contributed by atoms with Crippen molar-refractivity contribution in [2.75, 3.05) is 7.11 Å². The first-order valence-electron chi connectivity index (χ1n) is 8.51. The number of hydrogen-bond acceptors (Lipinski definition) is 4. The summed E-state index contributed by atoms with van der Waals surface area (Å²) in [5.74, 6) is 1.83. The van der Waals surface area contributed by atoms with Crippen molar-refractivity contribution in [2.45, 2.75) is 44.6 Å². The van der Waals surface area contributed by atoms with Crippen LogP contribution in [-0.4, -0.2) is 24.4 Å². The maximum absolute atomic E-state index is 10.4. The Labute approximate surface area is 142 Å². The van der Waals surface area contributed by atoms with Gasteiger partial charge in [0.1, 0.15) is 17.6 Å². The van der Waals surface area contributed by atoms with Crippen LogP contribution in [0.1, 0.15) is 35.2 Å². The number of methoxy groups -OCH3 is 1. The summed E-state index contributed by atoms with van der Waals surface area (Å²) in [5, 5.41) is 13.9. The van der Waals surface area contributed by atoms with E-state index in [9.17, 15) is 5.11 Å². The number of aliphatic hydroxyl groups excluding tert-OH is 1. The van der Waals surface area contributed by atoms with Crippen LogP contribution >= 0.6 is 0 Å². The van der Waals surface area contributed by atoms with E-state index in [2.05, 4.69) is 30.4 Å². The van der Waals surface area contributed by atoms with Crippen LogP contribution in [0.15, 0.2) is 36.4 Å². The van der Waals surface area contributed by atoms with Gasteiger partial charge in [0, 0.05) is 30.5 Å². The molecule has 0 bridgehead atoms. The van der Waals surface area contributed by atoms with Gasteiger partial charge in [0.2, 0.25) is 0 Å². The minimum Gasteiger partial charge on any atom is -0.497 e. The van der Waals surface area contributed by atoms with E-state index >= 15 is 0 Å². The van der Waals surface area contributed by atoms with Crippen molar-refractivity contribution in [3.8, 4) is 11.5 Å². The third-order valence-corrected chi connectivity index (χ3v) is 4.99. The van der Waals surface area contributed by atoms with Crippen LogP contribution in [0.4, 0.5) is 0 Å². The fourth-order valence-electron chi connectivity index (χ4n) is 3.87. The highest BCUT2D eigenvalue weighted by Crippen LogP contribution is 2.37. The van der Waals surface area contributed by atoms with E-state index in [1.165, 1.54) is 16.7 Å². The molecule has 0 aromatic heterocycles. The fourth-order valence-corrected chi connectivity index (χ4v) is 3.87.